The van der Waals surface area contributed by atoms with Crippen LogP contribution in [0.2, 0.25) is 0 Å². The zero-order valence-corrected chi connectivity index (χ0v) is 16.4. The molecule has 0 unspecified atom stereocenters. The van der Waals surface area contributed by atoms with E-state index in [0.717, 1.165) is 46.3 Å². The average Bonchev–Trinajstić information content (AvgIpc) is 3.17. The van der Waals surface area contributed by atoms with E-state index in [2.05, 4.69) is 15.0 Å². The van der Waals surface area contributed by atoms with E-state index in [9.17, 15) is 4.79 Å². The van der Waals surface area contributed by atoms with Crippen LogP contribution < -0.4 is 11.3 Å². The standard InChI is InChI=1S/C19H20N4OS2/c1-10-5-3-6-11(2)16(10)23-19(20)25-9-14-21-17(24)15-12-7-4-8-13(12)26-18(15)22-14/h3,5-6H,4,7-9H2,1-2H3,(H2,20,23)(H,21,22,24). The molecule has 0 fully saturated rings. The Morgan fingerprint density at radius 2 is 2.12 bits per heavy atom. The Morgan fingerprint density at radius 1 is 1.35 bits per heavy atom. The molecule has 5 nitrogen and oxygen atoms in total. The minimum atomic E-state index is -0.0322. The van der Waals surface area contributed by atoms with Crippen LogP contribution >= 0.6 is 23.1 Å². The maximum atomic E-state index is 12.5. The maximum absolute atomic E-state index is 12.5. The molecule has 1 aromatic carbocycles. The second kappa shape index (κ2) is 6.89. The van der Waals surface area contributed by atoms with Gasteiger partial charge in [-0.15, -0.1) is 11.3 Å². The van der Waals surface area contributed by atoms with Crippen LogP contribution in [0, 0.1) is 13.8 Å². The molecule has 7 heteroatoms. The third-order valence-electron chi connectivity index (χ3n) is 4.64. The van der Waals surface area contributed by atoms with Gasteiger partial charge in [-0.25, -0.2) is 9.98 Å². The predicted octanol–water partition coefficient (Wildman–Crippen LogP) is 3.97. The van der Waals surface area contributed by atoms with Crippen LogP contribution in [-0.2, 0) is 18.6 Å². The SMILES string of the molecule is Cc1cccc(C)c1N=C(N)SCc1nc2sc3c(c2c(=O)[nH]1)CCC3. The largest absolute Gasteiger partial charge is 0.378 e. The van der Waals surface area contributed by atoms with E-state index in [1.807, 2.05) is 32.0 Å². The third kappa shape index (κ3) is 3.17. The van der Waals surface area contributed by atoms with Crippen molar-refractivity contribution in [1.82, 2.24) is 9.97 Å². The fourth-order valence-electron chi connectivity index (χ4n) is 3.38. The van der Waals surface area contributed by atoms with Crippen molar-refractivity contribution >= 4 is 44.2 Å². The molecule has 0 saturated carbocycles. The summed E-state index contributed by atoms with van der Waals surface area (Å²) in [4.78, 5) is 26.8. The molecule has 0 spiro atoms. The first-order valence-electron chi connectivity index (χ1n) is 8.59. The van der Waals surface area contributed by atoms with Crippen molar-refractivity contribution in [3.63, 3.8) is 0 Å². The number of aliphatic imine (C=N–C) groups is 1. The summed E-state index contributed by atoms with van der Waals surface area (Å²) in [5.74, 6) is 1.14. The first-order chi connectivity index (χ1) is 12.5. The van der Waals surface area contributed by atoms with Crippen molar-refractivity contribution in [2.45, 2.75) is 38.9 Å². The molecule has 1 aliphatic rings. The molecule has 3 N–H and O–H groups in total. The number of aromatic amines is 1. The molecule has 26 heavy (non-hydrogen) atoms. The summed E-state index contributed by atoms with van der Waals surface area (Å²) < 4.78 is 0. The van der Waals surface area contributed by atoms with Gasteiger partial charge in [-0.05, 0) is 49.8 Å². The number of thioether (sulfide) groups is 1. The summed E-state index contributed by atoms with van der Waals surface area (Å²) in [6, 6.07) is 6.05. The van der Waals surface area contributed by atoms with Gasteiger partial charge in [0.05, 0.1) is 16.8 Å². The molecule has 0 bridgehead atoms. The summed E-state index contributed by atoms with van der Waals surface area (Å²) in [5.41, 5.74) is 10.4. The smallest absolute Gasteiger partial charge is 0.259 e. The molecular formula is C19H20N4OS2. The third-order valence-corrected chi connectivity index (χ3v) is 6.63. The number of aromatic nitrogens is 2. The lowest BCUT2D eigenvalue weighted by atomic mass is 10.1. The van der Waals surface area contributed by atoms with E-state index < -0.39 is 0 Å². The normalized spacial score (nSPS) is 14.2. The Labute approximate surface area is 159 Å². The number of thiophene rings is 1. The summed E-state index contributed by atoms with van der Waals surface area (Å²) in [7, 11) is 0. The fourth-order valence-corrected chi connectivity index (χ4v) is 5.24. The Bertz CT molecular complexity index is 1060. The number of nitrogens with one attached hydrogen (secondary N) is 1. The first kappa shape index (κ1) is 17.3. The Morgan fingerprint density at radius 3 is 2.88 bits per heavy atom. The van der Waals surface area contributed by atoms with Crippen LogP contribution in [0.5, 0.6) is 0 Å². The molecule has 2 aromatic heterocycles. The Kier molecular flexibility index (Phi) is 4.58. The van der Waals surface area contributed by atoms with Crippen LogP contribution in [0.25, 0.3) is 10.2 Å². The number of nitrogens with zero attached hydrogens (tertiary/aromatic N) is 2. The summed E-state index contributed by atoms with van der Waals surface area (Å²) in [6.07, 6.45) is 3.19. The number of H-pyrrole nitrogens is 1. The number of benzene rings is 1. The number of nitrogens with two attached hydrogens (primary N) is 1. The van der Waals surface area contributed by atoms with E-state index in [1.54, 1.807) is 11.3 Å². The zero-order valence-electron chi connectivity index (χ0n) is 14.8. The lowest BCUT2D eigenvalue weighted by Gasteiger charge is -2.06. The lowest BCUT2D eigenvalue weighted by Crippen LogP contribution is -2.13. The summed E-state index contributed by atoms with van der Waals surface area (Å²) >= 11 is 3.04. The molecule has 3 aromatic rings. The van der Waals surface area contributed by atoms with E-state index in [4.69, 9.17) is 5.73 Å². The molecule has 0 radical (unpaired) electrons. The number of aryl methyl sites for hydroxylation is 4. The van der Waals surface area contributed by atoms with Crippen LogP contribution in [0.1, 0.15) is 33.8 Å². The summed E-state index contributed by atoms with van der Waals surface area (Å²) in [6.45, 7) is 4.04. The molecule has 0 amide bonds. The van der Waals surface area contributed by atoms with Gasteiger partial charge < -0.3 is 10.7 Å². The molecule has 0 saturated heterocycles. The van der Waals surface area contributed by atoms with Gasteiger partial charge in [0.15, 0.2) is 5.17 Å². The van der Waals surface area contributed by atoms with Crippen LogP contribution in [0.15, 0.2) is 28.0 Å². The van der Waals surface area contributed by atoms with E-state index in [1.165, 1.54) is 22.2 Å². The highest BCUT2D eigenvalue weighted by Gasteiger charge is 2.21. The second-order valence-corrected chi connectivity index (χ2v) is 8.61. The minimum absolute atomic E-state index is 0.0322. The molecule has 0 aliphatic heterocycles. The maximum Gasteiger partial charge on any atom is 0.259 e. The van der Waals surface area contributed by atoms with Crippen molar-refractivity contribution in [3.8, 4) is 0 Å². The Hall–Kier alpha value is -2.12. The van der Waals surface area contributed by atoms with E-state index in [0.29, 0.717) is 16.7 Å². The summed E-state index contributed by atoms with van der Waals surface area (Å²) in [5, 5.41) is 1.26. The topological polar surface area (TPSA) is 84.1 Å². The Balaban J connectivity index is 1.56. The van der Waals surface area contributed by atoms with Crippen molar-refractivity contribution in [2.75, 3.05) is 0 Å². The van der Waals surface area contributed by atoms with Gasteiger partial charge in [-0.2, -0.15) is 0 Å². The second-order valence-electron chi connectivity index (χ2n) is 6.53. The number of hydrogen-bond acceptors (Lipinski definition) is 5. The monoisotopic (exact) mass is 384 g/mol. The van der Waals surface area contributed by atoms with Gasteiger partial charge in [0, 0.05) is 4.88 Å². The van der Waals surface area contributed by atoms with Crippen LogP contribution in [0.3, 0.4) is 0 Å². The lowest BCUT2D eigenvalue weighted by molar-refractivity contribution is 0.916. The van der Waals surface area contributed by atoms with Crippen LogP contribution in [-0.4, -0.2) is 15.1 Å². The van der Waals surface area contributed by atoms with Gasteiger partial charge in [0.2, 0.25) is 0 Å². The van der Waals surface area contributed by atoms with Gasteiger partial charge in [-0.3, -0.25) is 4.79 Å². The van der Waals surface area contributed by atoms with E-state index >= 15 is 0 Å². The van der Waals surface area contributed by atoms with E-state index in [-0.39, 0.29) is 5.56 Å². The molecule has 2 heterocycles. The molecule has 134 valence electrons. The number of para-hydroxylation sites is 1. The number of hydrogen-bond donors (Lipinski definition) is 2. The highest BCUT2D eigenvalue weighted by atomic mass is 32.2. The average molecular weight is 385 g/mol. The van der Waals surface area contributed by atoms with Crippen molar-refractivity contribution < 1.29 is 0 Å². The highest BCUT2D eigenvalue weighted by Crippen LogP contribution is 2.34. The molecule has 1 aliphatic carbocycles. The molecule has 4 rings (SSSR count). The van der Waals surface area contributed by atoms with Gasteiger partial charge in [-0.1, -0.05) is 30.0 Å². The zero-order chi connectivity index (χ0) is 18.3. The van der Waals surface area contributed by atoms with Gasteiger partial charge >= 0.3 is 0 Å². The number of rotatable bonds is 3. The van der Waals surface area contributed by atoms with Crippen molar-refractivity contribution in [3.05, 3.63) is 55.9 Å². The quantitative estimate of drug-likeness (QED) is 0.529. The van der Waals surface area contributed by atoms with Gasteiger partial charge in [0.1, 0.15) is 10.7 Å². The van der Waals surface area contributed by atoms with Crippen molar-refractivity contribution in [1.29, 1.82) is 0 Å². The predicted molar refractivity (Wildman–Crippen MR) is 111 cm³/mol. The highest BCUT2D eigenvalue weighted by molar-refractivity contribution is 8.13. The molecular weight excluding hydrogens is 364 g/mol. The minimum Gasteiger partial charge on any atom is -0.378 e. The fraction of sp³-hybridized carbons (Fsp3) is 0.316. The van der Waals surface area contributed by atoms with Gasteiger partial charge in [0.25, 0.3) is 5.56 Å². The van der Waals surface area contributed by atoms with Crippen LogP contribution in [0.4, 0.5) is 5.69 Å². The first-order valence-corrected chi connectivity index (χ1v) is 10.4. The molecule has 0 atom stereocenters. The van der Waals surface area contributed by atoms with Crippen molar-refractivity contribution in [2.24, 2.45) is 10.7 Å². The number of fused-ring (bicyclic) bond motifs is 3. The number of amidine groups is 1.